The van der Waals surface area contributed by atoms with Crippen LogP contribution in [-0.4, -0.2) is 30.9 Å². The number of rotatable bonds is 7. The number of nitrogens with zero attached hydrogens (tertiary/aromatic N) is 1. The van der Waals surface area contributed by atoms with Crippen LogP contribution in [0.2, 0.25) is 5.02 Å². The summed E-state index contributed by atoms with van der Waals surface area (Å²) in [6, 6.07) is 14.9. The predicted octanol–water partition coefficient (Wildman–Crippen LogP) is 3.11. The largest absolute Gasteiger partial charge is 0.455 e. The maximum absolute atomic E-state index is 12.3. The van der Waals surface area contributed by atoms with Gasteiger partial charge in [-0.1, -0.05) is 48.9 Å². The molecular formula is C22H23ClN2O4. The van der Waals surface area contributed by atoms with Gasteiger partial charge in [0.25, 0.3) is 5.91 Å². The standard InChI is InChI=1S/C22H23ClN2O4/c1-2-15-7-9-18(10-8-15)25-13-17(11-21(25)27)22(28)29-14-20(26)24-12-16-5-3-4-6-19(16)23/h3-10,17H,2,11-14H2,1H3,(H,24,26)/t17-/m0/s1. The average Bonchev–Trinajstić information content (AvgIpc) is 3.13. The Morgan fingerprint density at radius 3 is 2.59 bits per heavy atom. The van der Waals surface area contributed by atoms with Crippen LogP contribution >= 0.6 is 11.6 Å². The van der Waals surface area contributed by atoms with E-state index in [-0.39, 0.29) is 32.0 Å². The zero-order valence-corrected chi connectivity index (χ0v) is 16.9. The fourth-order valence-corrected chi connectivity index (χ4v) is 3.37. The number of aryl methyl sites for hydroxylation is 1. The van der Waals surface area contributed by atoms with Crippen LogP contribution in [0.25, 0.3) is 0 Å². The molecule has 0 unspecified atom stereocenters. The third-order valence-electron chi connectivity index (χ3n) is 4.89. The molecule has 0 bridgehead atoms. The second-order valence-corrected chi connectivity index (χ2v) is 7.31. The van der Waals surface area contributed by atoms with Crippen LogP contribution in [0.4, 0.5) is 5.69 Å². The van der Waals surface area contributed by atoms with Crippen molar-refractivity contribution in [2.75, 3.05) is 18.1 Å². The first-order valence-corrected chi connectivity index (χ1v) is 9.91. The van der Waals surface area contributed by atoms with Crippen molar-refractivity contribution in [2.45, 2.75) is 26.3 Å². The lowest BCUT2D eigenvalue weighted by Gasteiger charge is -2.17. The Kier molecular flexibility index (Phi) is 6.88. The molecule has 0 saturated carbocycles. The van der Waals surface area contributed by atoms with E-state index in [0.29, 0.717) is 5.02 Å². The van der Waals surface area contributed by atoms with Gasteiger partial charge in [-0.2, -0.15) is 0 Å². The van der Waals surface area contributed by atoms with Crippen molar-refractivity contribution in [1.29, 1.82) is 0 Å². The number of anilines is 1. The molecule has 3 rings (SSSR count). The Morgan fingerprint density at radius 1 is 1.17 bits per heavy atom. The molecule has 152 valence electrons. The van der Waals surface area contributed by atoms with E-state index in [1.54, 1.807) is 23.1 Å². The maximum atomic E-state index is 12.3. The maximum Gasteiger partial charge on any atom is 0.311 e. The molecule has 0 aliphatic carbocycles. The summed E-state index contributed by atoms with van der Waals surface area (Å²) in [6.45, 7) is 2.18. The Balaban J connectivity index is 1.47. The summed E-state index contributed by atoms with van der Waals surface area (Å²) in [4.78, 5) is 38.1. The Labute approximate surface area is 174 Å². The highest BCUT2D eigenvalue weighted by atomic mass is 35.5. The summed E-state index contributed by atoms with van der Waals surface area (Å²) >= 11 is 6.04. The van der Waals surface area contributed by atoms with Gasteiger partial charge in [-0.05, 0) is 35.7 Å². The molecule has 1 aliphatic rings. The number of ether oxygens (including phenoxy) is 1. The number of halogens is 1. The van der Waals surface area contributed by atoms with Crippen LogP contribution in [0.1, 0.15) is 24.5 Å². The predicted molar refractivity (Wildman–Crippen MR) is 111 cm³/mol. The molecule has 0 aromatic heterocycles. The van der Waals surface area contributed by atoms with E-state index >= 15 is 0 Å². The number of esters is 1. The van der Waals surface area contributed by atoms with Gasteiger partial charge in [-0.3, -0.25) is 14.4 Å². The SMILES string of the molecule is CCc1ccc(N2C[C@@H](C(=O)OCC(=O)NCc3ccccc3Cl)CC2=O)cc1. The van der Waals surface area contributed by atoms with Gasteiger partial charge in [0.2, 0.25) is 5.91 Å². The van der Waals surface area contributed by atoms with Gasteiger partial charge in [-0.15, -0.1) is 0 Å². The zero-order valence-electron chi connectivity index (χ0n) is 16.2. The molecule has 1 atom stereocenters. The molecule has 1 heterocycles. The van der Waals surface area contributed by atoms with E-state index in [0.717, 1.165) is 17.7 Å². The van der Waals surface area contributed by atoms with Crippen molar-refractivity contribution in [1.82, 2.24) is 5.32 Å². The van der Waals surface area contributed by atoms with Crippen LogP contribution in [-0.2, 0) is 32.1 Å². The van der Waals surface area contributed by atoms with Gasteiger partial charge < -0.3 is 15.0 Å². The molecular weight excluding hydrogens is 392 g/mol. The first-order chi connectivity index (χ1) is 14.0. The smallest absolute Gasteiger partial charge is 0.311 e. The highest BCUT2D eigenvalue weighted by Crippen LogP contribution is 2.26. The summed E-state index contributed by atoms with van der Waals surface area (Å²) < 4.78 is 5.11. The molecule has 2 amide bonds. The zero-order chi connectivity index (χ0) is 20.8. The lowest BCUT2D eigenvalue weighted by Crippen LogP contribution is -2.31. The Bertz CT molecular complexity index is 898. The fourth-order valence-electron chi connectivity index (χ4n) is 3.17. The number of hydrogen-bond donors (Lipinski definition) is 1. The topological polar surface area (TPSA) is 75.7 Å². The number of benzene rings is 2. The van der Waals surface area contributed by atoms with Crippen molar-refractivity contribution in [3.63, 3.8) is 0 Å². The summed E-state index contributed by atoms with van der Waals surface area (Å²) in [5, 5.41) is 3.22. The van der Waals surface area contributed by atoms with E-state index in [9.17, 15) is 14.4 Å². The molecule has 1 fully saturated rings. The molecule has 2 aromatic carbocycles. The number of amides is 2. The summed E-state index contributed by atoms with van der Waals surface area (Å²) in [5.74, 6) is -1.67. The van der Waals surface area contributed by atoms with Crippen LogP contribution in [0.15, 0.2) is 48.5 Å². The van der Waals surface area contributed by atoms with Crippen LogP contribution in [0.3, 0.4) is 0 Å². The number of carbonyl (C=O) groups is 3. The molecule has 0 radical (unpaired) electrons. The van der Waals surface area contributed by atoms with Crippen molar-refractivity contribution in [3.8, 4) is 0 Å². The summed E-state index contributed by atoms with van der Waals surface area (Å²) in [5.41, 5.74) is 2.72. The minimum absolute atomic E-state index is 0.0790. The van der Waals surface area contributed by atoms with E-state index in [1.807, 2.05) is 30.3 Å². The van der Waals surface area contributed by atoms with Crippen LogP contribution in [0, 0.1) is 5.92 Å². The second-order valence-electron chi connectivity index (χ2n) is 6.90. The summed E-state index contributed by atoms with van der Waals surface area (Å²) in [7, 11) is 0. The summed E-state index contributed by atoms with van der Waals surface area (Å²) in [6.07, 6.45) is 0.997. The van der Waals surface area contributed by atoms with E-state index in [4.69, 9.17) is 16.3 Å². The van der Waals surface area contributed by atoms with Crippen LogP contribution < -0.4 is 10.2 Å². The van der Waals surface area contributed by atoms with Crippen molar-refractivity contribution >= 4 is 35.1 Å². The minimum Gasteiger partial charge on any atom is -0.455 e. The van der Waals surface area contributed by atoms with Gasteiger partial charge in [0.15, 0.2) is 6.61 Å². The van der Waals surface area contributed by atoms with Crippen molar-refractivity contribution in [2.24, 2.45) is 5.92 Å². The molecule has 1 saturated heterocycles. The Morgan fingerprint density at radius 2 is 1.90 bits per heavy atom. The fraction of sp³-hybridized carbons (Fsp3) is 0.318. The monoisotopic (exact) mass is 414 g/mol. The molecule has 6 nitrogen and oxygen atoms in total. The highest BCUT2D eigenvalue weighted by Gasteiger charge is 2.36. The van der Waals surface area contributed by atoms with Gasteiger partial charge in [0.05, 0.1) is 5.92 Å². The first kappa shape index (κ1) is 20.9. The molecule has 7 heteroatoms. The van der Waals surface area contributed by atoms with Crippen LogP contribution in [0.5, 0.6) is 0 Å². The van der Waals surface area contributed by atoms with Crippen molar-refractivity contribution < 1.29 is 19.1 Å². The second kappa shape index (κ2) is 9.56. The molecule has 29 heavy (non-hydrogen) atoms. The molecule has 1 aliphatic heterocycles. The average molecular weight is 415 g/mol. The molecule has 0 spiro atoms. The third-order valence-corrected chi connectivity index (χ3v) is 5.26. The normalized spacial score (nSPS) is 16.0. The number of nitrogens with one attached hydrogen (secondary N) is 1. The van der Waals surface area contributed by atoms with Gasteiger partial charge >= 0.3 is 5.97 Å². The van der Waals surface area contributed by atoms with Gasteiger partial charge in [0, 0.05) is 30.2 Å². The van der Waals surface area contributed by atoms with E-state index < -0.39 is 17.8 Å². The number of hydrogen-bond acceptors (Lipinski definition) is 4. The third kappa shape index (κ3) is 5.35. The van der Waals surface area contributed by atoms with Crippen molar-refractivity contribution in [3.05, 3.63) is 64.7 Å². The van der Waals surface area contributed by atoms with Gasteiger partial charge in [0.1, 0.15) is 0 Å². The lowest BCUT2D eigenvalue weighted by molar-refractivity contribution is -0.152. The first-order valence-electron chi connectivity index (χ1n) is 9.54. The quantitative estimate of drug-likeness (QED) is 0.706. The highest BCUT2D eigenvalue weighted by molar-refractivity contribution is 6.31. The molecule has 2 aromatic rings. The lowest BCUT2D eigenvalue weighted by atomic mass is 10.1. The van der Waals surface area contributed by atoms with E-state index in [2.05, 4.69) is 12.2 Å². The molecule has 1 N–H and O–H groups in total. The minimum atomic E-state index is -0.579. The Hall–Kier alpha value is -2.86. The van der Waals surface area contributed by atoms with Gasteiger partial charge in [-0.25, -0.2) is 0 Å². The number of carbonyl (C=O) groups excluding carboxylic acids is 3. The van der Waals surface area contributed by atoms with E-state index in [1.165, 1.54) is 5.56 Å².